The van der Waals surface area contributed by atoms with Gasteiger partial charge in [-0.2, -0.15) is 0 Å². The molecule has 0 saturated heterocycles. The molecule has 0 aromatic rings. The van der Waals surface area contributed by atoms with Crippen LogP contribution in [0.2, 0.25) is 0 Å². The van der Waals surface area contributed by atoms with Gasteiger partial charge in [-0.25, -0.2) is 18.0 Å². The number of carbonyl (C=O) groups excluding carboxylic acids is 1. The van der Waals surface area contributed by atoms with Gasteiger partial charge >= 0.3 is 18.0 Å². The van der Waals surface area contributed by atoms with E-state index in [1.165, 1.54) is 0 Å². The molecule has 0 bridgehead atoms. The molecule has 9 nitrogen and oxygen atoms in total. The van der Waals surface area contributed by atoms with Crippen molar-refractivity contribution < 1.29 is 33.0 Å². The van der Waals surface area contributed by atoms with Gasteiger partial charge in [0.05, 0.1) is 12.2 Å². The molecule has 0 aliphatic rings. The van der Waals surface area contributed by atoms with Crippen LogP contribution in [0.3, 0.4) is 0 Å². The third-order valence-electron chi connectivity index (χ3n) is 1.96. The van der Waals surface area contributed by atoms with Gasteiger partial charge < -0.3 is 20.8 Å². The summed E-state index contributed by atoms with van der Waals surface area (Å²) in [5.74, 6) is -2.93. The molecular formula is C9H16N2O7S. The first kappa shape index (κ1) is 17.2. The number of carbonyl (C=O) groups is 3. The van der Waals surface area contributed by atoms with Crippen LogP contribution in [-0.4, -0.2) is 61.2 Å². The van der Waals surface area contributed by atoms with Gasteiger partial charge in [-0.1, -0.05) is 0 Å². The van der Waals surface area contributed by atoms with Gasteiger partial charge in [0.25, 0.3) is 0 Å². The van der Waals surface area contributed by atoms with Crippen LogP contribution < -0.4 is 10.6 Å². The minimum absolute atomic E-state index is 0.0400. The lowest BCUT2D eigenvalue weighted by Gasteiger charge is -2.13. The van der Waals surface area contributed by atoms with Crippen LogP contribution >= 0.6 is 0 Å². The molecule has 10 heteroatoms. The maximum atomic E-state index is 11.2. The zero-order valence-electron chi connectivity index (χ0n) is 10.2. The van der Waals surface area contributed by atoms with Crippen molar-refractivity contribution >= 4 is 27.8 Å². The summed E-state index contributed by atoms with van der Waals surface area (Å²) in [7, 11) is -3.12. The number of amides is 2. The maximum Gasteiger partial charge on any atom is 0.326 e. The molecule has 1 atom stereocenters. The number of hydrogen-bond acceptors (Lipinski definition) is 5. The predicted octanol–water partition coefficient (Wildman–Crippen LogP) is -1.35. The number of aliphatic carboxylic acids is 2. The molecule has 0 fully saturated rings. The molecule has 0 aliphatic heterocycles. The quantitative estimate of drug-likeness (QED) is 0.404. The fraction of sp³-hybridized carbons (Fsp3) is 0.667. The van der Waals surface area contributed by atoms with Crippen LogP contribution in [0.4, 0.5) is 4.79 Å². The average molecular weight is 296 g/mol. The molecule has 0 aromatic carbocycles. The van der Waals surface area contributed by atoms with E-state index in [4.69, 9.17) is 10.2 Å². The fourth-order valence-electron chi connectivity index (χ4n) is 1.12. The number of carboxylic acids is 2. The van der Waals surface area contributed by atoms with E-state index < -0.39 is 40.3 Å². The minimum Gasteiger partial charge on any atom is -0.481 e. The van der Waals surface area contributed by atoms with E-state index in [1.54, 1.807) is 0 Å². The Morgan fingerprint density at radius 3 is 2.21 bits per heavy atom. The van der Waals surface area contributed by atoms with Crippen LogP contribution in [0.5, 0.6) is 0 Å². The van der Waals surface area contributed by atoms with Crippen LogP contribution in [0.25, 0.3) is 0 Å². The third-order valence-corrected chi connectivity index (χ3v) is 2.99. The Morgan fingerprint density at radius 1 is 1.21 bits per heavy atom. The molecule has 0 radical (unpaired) electrons. The zero-order valence-corrected chi connectivity index (χ0v) is 11.1. The molecule has 0 aliphatic carbocycles. The number of carboxylic acid groups (broad SMARTS) is 2. The van der Waals surface area contributed by atoms with E-state index in [9.17, 15) is 22.8 Å². The van der Waals surface area contributed by atoms with Gasteiger partial charge in [-0.05, 0) is 6.42 Å². The van der Waals surface area contributed by atoms with E-state index in [-0.39, 0.29) is 18.7 Å². The molecule has 110 valence electrons. The Bertz CT molecular complexity index is 445. The first-order valence-electron chi connectivity index (χ1n) is 5.28. The van der Waals surface area contributed by atoms with E-state index in [1.807, 2.05) is 5.32 Å². The molecule has 4 N–H and O–H groups in total. The van der Waals surface area contributed by atoms with Gasteiger partial charge in [-0.15, -0.1) is 0 Å². The Labute approximate surface area is 109 Å². The standard InChI is InChI=1S/C9H16N2O7S/c1-19(17,18)4-2-3-10-9(16)11-6(8(14)15)5-7(12)13/h6H,2-5H2,1H3,(H,12,13)(H,14,15)(H2,10,11,16). The second-order valence-corrected chi connectivity index (χ2v) is 6.13. The summed E-state index contributed by atoms with van der Waals surface area (Å²) >= 11 is 0. The number of urea groups is 1. The van der Waals surface area contributed by atoms with Crippen molar-refractivity contribution in [3.8, 4) is 0 Å². The third kappa shape index (κ3) is 9.83. The number of nitrogens with one attached hydrogen (secondary N) is 2. The summed E-state index contributed by atoms with van der Waals surface area (Å²) < 4.78 is 21.6. The number of sulfone groups is 1. The summed E-state index contributed by atoms with van der Waals surface area (Å²) in [6, 6.07) is -2.39. The number of hydrogen-bond donors (Lipinski definition) is 4. The first-order chi connectivity index (χ1) is 8.61. The molecular weight excluding hydrogens is 280 g/mol. The van der Waals surface area contributed by atoms with E-state index in [0.29, 0.717) is 0 Å². The lowest BCUT2D eigenvalue weighted by molar-refractivity contribution is -0.145. The average Bonchev–Trinajstić information content (AvgIpc) is 2.21. The van der Waals surface area contributed by atoms with Gasteiger partial charge in [0.15, 0.2) is 0 Å². The molecule has 0 rings (SSSR count). The van der Waals surface area contributed by atoms with Gasteiger partial charge in [0.1, 0.15) is 15.9 Å². The molecule has 2 amide bonds. The van der Waals surface area contributed by atoms with Gasteiger partial charge in [-0.3, -0.25) is 4.79 Å². The highest BCUT2D eigenvalue weighted by Gasteiger charge is 2.22. The Hall–Kier alpha value is -1.84. The van der Waals surface area contributed by atoms with Crippen molar-refractivity contribution in [3.63, 3.8) is 0 Å². The highest BCUT2D eigenvalue weighted by molar-refractivity contribution is 7.90. The molecule has 0 heterocycles. The second-order valence-electron chi connectivity index (χ2n) is 3.87. The van der Waals surface area contributed by atoms with Gasteiger partial charge in [0, 0.05) is 12.8 Å². The summed E-state index contributed by atoms with van der Waals surface area (Å²) in [5, 5.41) is 21.3. The van der Waals surface area contributed by atoms with Crippen LogP contribution in [-0.2, 0) is 19.4 Å². The SMILES string of the molecule is CS(=O)(=O)CCCNC(=O)NC(CC(=O)O)C(=O)O. The lowest BCUT2D eigenvalue weighted by atomic mass is 10.2. The van der Waals surface area contributed by atoms with E-state index in [0.717, 1.165) is 6.26 Å². The van der Waals surface area contributed by atoms with Crippen molar-refractivity contribution in [2.75, 3.05) is 18.6 Å². The van der Waals surface area contributed by atoms with Gasteiger partial charge in [0.2, 0.25) is 0 Å². The molecule has 0 aromatic heterocycles. The highest BCUT2D eigenvalue weighted by Crippen LogP contribution is 1.93. The smallest absolute Gasteiger partial charge is 0.326 e. The Kier molecular flexibility index (Phi) is 6.83. The van der Waals surface area contributed by atoms with Crippen LogP contribution in [0.1, 0.15) is 12.8 Å². The summed E-state index contributed by atoms with van der Waals surface area (Å²) in [6.45, 7) is 0.0400. The van der Waals surface area contributed by atoms with Crippen molar-refractivity contribution in [2.45, 2.75) is 18.9 Å². The first-order valence-corrected chi connectivity index (χ1v) is 7.34. The molecule has 19 heavy (non-hydrogen) atoms. The topological polar surface area (TPSA) is 150 Å². The Morgan fingerprint density at radius 2 is 1.79 bits per heavy atom. The number of rotatable bonds is 8. The summed E-state index contributed by atoms with van der Waals surface area (Å²) in [4.78, 5) is 32.2. The fourth-order valence-corrected chi connectivity index (χ4v) is 1.79. The summed E-state index contributed by atoms with van der Waals surface area (Å²) in [6.07, 6.45) is 0.495. The van der Waals surface area contributed by atoms with E-state index >= 15 is 0 Å². The molecule has 0 saturated carbocycles. The Balaban J connectivity index is 4.07. The van der Waals surface area contributed by atoms with Crippen molar-refractivity contribution in [1.29, 1.82) is 0 Å². The monoisotopic (exact) mass is 296 g/mol. The minimum atomic E-state index is -3.12. The van der Waals surface area contributed by atoms with Crippen molar-refractivity contribution in [1.82, 2.24) is 10.6 Å². The van der Waals surface area contributed by atoms with Crippen LogP contribution in [0.15, 0.2) is 0 Å². The largest absolute Gasteiger partial charge is 0.481 e. The van der Waals surface area contributed by atoms with Crippen molar-refractivity contribution in [2.24, 2.45) is 0 Å². The lowest BCUT2D eigenvalue weighted by Crippen LogP contribution is -2.47. The molecule has 1 unspecified atom stereocenters. The van der Waals surface area contributed by atoms with Crippen LogP contribution in [0, 0.1) is 0 Å². The molecule has 0 spiro atoms. The highest BCUT2D eigenvalue weighted by atomic mass is 32.2. The second kappa shape index (κ2) is 7.56. The zero-order chi connectivity index (χ0) is 15.1. The maximum absolute atomic E-state index is 11.2. The normalized spacial score (nSPS) is 12.5. The van der Waals surface area contributed by atoms with E-state index in [2.05, 4.69) is 5.32 Å². The summed E-state index contributed by atoms with van der Waals surface area (Å²) in [5.41, 5.74) is 0. The predicted molar refractivity (Wildman–Crippen MR) is 64.5 cm³/mol. The van der Waals surface area contributed by atoms with Crippen molar-refractivity contribution in [3.05, 3.63) is 0 Å².